The summed E-state index contributed by atoms with van der Waals surface area (Å²) in [5, 5.41) is 1.90. The van der Waals surface area contributed by atoms with Crippen molar-refractivity contribution in [2.24, 2.45) is 0 Å². The second-order valence-corrected chi connectivity index (χ2v) is 6.48. The fourth-order valence-electron chi connectivity index (χ4n) is 0.593. The van der Waals surface area contributed by atoms with E-state index in [1.165, 1.54) is 5.01 Å². The lowest BCUT2D eigenvalue weighted by atomic mass is 10.6. The van der Waals surface area contributed by atoms with E-state index in [1.807, 2.05) is 18.0 Å². The monoisotopic (exact) mass is 251 g/mol. The fourth-order valence-corrected chi connectivity index (χ4v) is 2.68. The van der Waals surface area contributed by atoms with E-state index in [1.54, 1.807) is 11.3 Å². The van der Waals surface area contributed by atoms with Gasteiger partial charge in [0.05, 0.1) is 9.98 Å². The Morgan fingerprint density at radius 1 is 1.73 bits per heavy atom. The molecular weight excluding hydrogens is 242 g/mol. The molecule has 1 heterocycles. The molecule has 0 saturated carbocycles. The summed E-state index contributed by atoms with van der Waals surface area (Å²) in [7, 11) is 0. The predicted molar refractivity (Wildman–Crippen MR) is 56.2 cm³/mol. The van der Waals surface area contributed by atoms with Crippen LogP contribution in [0.25, 0.3) is 0 Å². The number of thiazole rings is 1. The van der Waals surface area contributed by atoms with Crippen molar-refractivity contribution >= 4 is 39.0 Å². The van der Waals surface area contributed by atoms with Crippen LogP contribution >= 0.6 is 39.0 Å². The molecule has 0 unspecified atom stereocenters. The Morgan fingerprint density at radius 2 is 2.45 bits per heavy atom. The molecule has 0 N–H and O–H groups in total. The van der Waals surface area contributed by atoms with Crippen molar-refractivity contribution < 1.29 is 0 Å². The molecule has 1 rings (SSSR count). The zero-order chi connectivity index (χ0) is 8.27. The normalized spacial score (nSPS) is 10.9. The Morgan fingerprint density at radius 3 is 2.91 bits per heavy atom. The lowest BCUT2D eigenvalue weighted by molar-refractivity contribution is 1.10. The van der Waals surface area contributed by atoms with Gasteiger partial charge in [-0.25, -0.2) is 4.98 Å². The Labute approximate surface area is 83.7 Å². The van der Waals surface area contributed by atoms with E-state index in [4.69, 9.17) is 0 Å². The third-order valence-corrected chi connectivity index (χ3v) is 3.83. The minimum atomic E-state index is 0.692. The van der Waals surface area contributed by atoms with Gasteiger partial charge in [-0.2, -0.15) is 11.8 Å². The summed E-state index contributed by atoms with van der Waals surface area (Å²) < 4.78 is 1.12. The Bertz CT molecular complexity index is 222. The molecule has 0 aromatic carbocycles. The van der Waals surface area contributed by atoms with Gasteiger partial charge in [0.1, 0.15) is 5.01 Å². The van der Waals surface area contributed by atoms with Crippen LogP contribution in [0.4, 0.5) is 0 Å². The molecule has 0 atom stereocenters. The standard InChI is InChI=1S/C7H10BrNS2/c1-5(2)10-4-7-9-3-6(8)11-7/h3,5H,4H2,1-2H3. The van der Waals surface area contributed by atoms with Gasteiger partial charge >= 0.3 is 0 Å². The van der Waals surface area contributed by atoms with Gasteiger partial charge in [-0.05, 0) is 21.2 Å². The number of nitrogens with zero attached hydrogens (tertiary/aromatic N) is 1. The van der Waals surface area contributed by atoms with Gasteiger partial charge in [-0.3, -0.25) is 0 Å². The van der Waals surface area contributed by atoms with Crippen LogP contribution in [0.3, 0.4) is 0 Å². The van der Waals surface area contributed by atoms with Crippen molar-refractivity contribution in [3.63, 3.8) is 0 Å². The molecule has 0 spiro atoms. The van der Waals surface area contributed by atoms with Crippen LogP contribution in [0.1, 0.15) is 18.9 Å². The summed E-state index contributed by atoms with van der Waals surface area (Å²) in [6.45, 7) is 4.40. The Balaban J connectivity index is 2.39. The van der Waals surface area contributed by atoms with Crippen LogP contribution in [0, 0.1) is 0 Å². The van der Waals surface area contributed by atoms with E-state index in [0.717, 1.165) is 9.54 Å². The van der Waals surface area contributed by atoms with Gasteiger partial charge in [0.2, 0.25) is 0 Å². The van der Waals surface area contributed by atoms with Crippen LogP contribution in [0.15, 0.2) is 9.98 Å². The largest absolute Gasteiger partial charge is 0.248 e. The molecule has 0 bridgehead atoms. The minimum Gasteiger partial charge on any atom is -0.248 e. The van der Waals surface area contributed by atoms with E-state index in [0.29, 0.717) is 5.25 Å². The van der Waals surface area contributed by atoms with E-state index in [-0.39, 0.29) is 0 Å². The van der Waals surface area contributed by atoms with Crippen molar-refractivity contribution in [1.29, 1.82) is 0 Å². The molecule has 0 radical (unpaired) electrons. The second kappa shape index (κ2) is 4.48. The number of thioether (sulfide) groups is 1. The molecule has 4 heteroatoms. The highest BCUT2D eigenvalue weighted by Crippen LogP contribution is 2.24. The summed E-state index contributed by atoms with van der Waals surface area (Å²) in [6, 6.07) is 0. The molecule has 0 aliphatic rings. The maximum absolute atomic E-state index is 4.24. The molecule has 1 aromatic rings. The minimum absolute atomic E-state index is 0.692. The third kappa shape index (κ3) is 3.58. The number of aromatic nitrogens is 1. The third-order valence-electron chi connectivity index (χ3n) is 1.07. The van der Waals surface area contributed by atoms with Gasteiger partial charge < -0.3 is 0 Å². The number of rotatable bonds is 3. The number of hydrogen-bond donors (Lipinski definition) is 0. The van der Waals surface area contributed by atoms with Crippen LogP contribution in [-0.4, -0.2) is 10.2 Å². The number of halogens is 1. The fraction of sp³-hybridized carbons (Fsp3) is 0.571. The van der Waals surface area contributed by atoms with Gasteiger partial charge in [0, 0.05) is 5.75 Å². The maximum Gasteiger partial charge on any atom is 0.104 e. The Kier molecular flexibility index (Phi) is 3.89. The molecule has 0 aliphatic heterocycles. The maximum atomic E-state index is 4.24. The molecule has 0 aliphatic carbocycles. The summed E-state index contributed by atoms with van der Waals surface area (Å²) in [4.78, 5) is 4.24. The zero-order valence-electron chi connectivity index (χ0n) is 6.50. The first kappa shape index (κ1) is 9.55. The van der Waals surface area contributed by atoms with Crippen LogP contribution in [-0.2, 0) is 5.75 Å². The van der Waals surface area contributed by atoms with Crippen LogP contribution in [0.2, 0.25) is 0 Å². The molecule has 62 valence electrons. The van der Waals surface area contributed by atoms with E-state index in [2.05, 4.69) is 34.8 Å². The van der Waals surface area contributed by atoms with Gasteiger partial charge in [0.25, 0.3) is 0 Å². The first-order chi connectivity index (χ1) is 5.18. The van der Waals surface area contributed by atoms with Crippen molar-refractivity contribution in [2.75, 3.05) is 0 Å². The van der Waals surface area contributed by atoms with E-state index in [9.17, 15) is 0 Å². The van der Waals surface area contributed by atoms with Crippen LogP contribution in [0.5, 0.6) is 0 Å². The van der Waals surface area contributed by atoms with Crippen molar-refractivity contribution in [3.05, 3.63) is 15.0 Å². The molecule has 0 amide bonds. The number of hydrogen-bond acceptors (Lipinski definition) is 3. The molecule has 11 heavy (non-hydrogen) atoms. The van der Waals surface area contributed by atoms with Gasteiger partial charge in [-0.1, -0.05) is 13.8 Å². The molecule has 1 aromatic heterocycles. The first-order valence-corrected chi connectivity index (χ1v) is 6.06. The quantitative estimate of drug-likeness (QED) is 0.816. The summed E-state index contributed by atoms with van der Waals surface area (Å²) in [5.74, 6) is 1.04. The molecule has 0 fully saturated rings. The first-order valence-electron chi connectivity index (χ1n) is 3.40. The molecule has 0 saturated heterocycles. The van der Waals surface area contributed by atoms with E-state index < -0.39 is 0 Å². The van der Waals surface area contributed by atoms with Crippen molar-refractivity contribution in [1.82, 2.24) is 4.98 Å². The molecule has 1 nitrogen and oxygen atoms in total. The Hall–Kier alpha value is 0.460. The second-order valence-electron chi connectivity index (χ2n) is 2.42. The van der Waals surface area contributed by atoms with E-state index >= 15 is 0 Å². The summed E-state index contributed by atoms with van der Waals surface area (Å²) >= 11 is 7.03. The van der Waals surface area contributed by atoms with Crippen LogP contribution < -0.4 is 0 Å². The highest BCUT2D eigenvalue weighted by atomic mass is 79.9. The highest BCUT2D eigenvalue weighted by Gasteiger charge is 2.00. The smallest absolute Gasteiger partial charge is 0.104 e. The van der Waals surface area contributed by atoms with Gasteiger partial charge in [-0.15, -0.1) is 11.3 Å². The lowest BCUT2D eigenvalue weighted by Crippen LogP contribution is -1.87. The SMILES string of the molecule is CC(C)SCc1ncc(Br)s1. The summed E-state index contributed by atoms with van der Waals surface area (Å²) in [6.07, 6.45) is 1.86. The predicted octanol–water partition coefficient (Wildman–Crippen LogP) is 3.55. The molecular formula is C7H10BrNS2. The lowest BCUT2D eigenvalue weighted by Gasteiger charge is -1.99. The summed E-state index contributed by atoms with van der Waals surface area (Å²) in [5.41, 5.74) is 0. The average molecular weight is 252 g/mol. The average Bonchev–Trinajstić information content (AvgIpc) is 2.31. The topological polar surface area (TPSA) is 12.9 Å². The van der Waals surface area contributed by atoms with Crippen molar-refractivity contribution in [3.8, 4) is 0 Å². The van der Waals surface area contributed by atoms with Crippen molar-refractivity contribution in [2.45, 2.75) is 24.9 Å². The highest BCUT2D eigenvalue weighted by molar-refractivity contribution is 9.11. The zero-order valence-corrected chi connectivity index (χ0v) is 9.72. The van der Waals surface area contributed by atoms with Gasteiger partial charge in [0.15, 0.2) is 0 Å².